The van der Waals surface area contributed by atoms with Crippen LogP contribution in [-0.4, -0.2) is 11.1 Å². The maximum Gasteiger partial charge on any atom is 0.371 e. The molecule has 0 fully saturated rings. The summed E-state index contributed by atoms with van der Waals surface area (Å²) in [6.45, 7) is 2.02. The zero-order valence-corrected chi connectivity index (χ0v) is 7.95. The Balaban J connectivity index is 2.90. The van der Waals surface area contributed by atoms with E-state index < -0.39 is 5.97 Å². The SMILES string of the molecule is CCCCc1coc(C(=O)O)cc1=O. The average Bonchev–Trinajstić information content (AvgIpc) is 2.15. The number of aryl methyl sites for hydroxylation is 1. The summed E-state index contributed by atoms with van der Waals surface area (Å²) >= 11 is 0. The molecule has 1 heterocycles. The van der Waals surface area contributed by atoms with Crippen LogP contribution in [0.25, 0.3) is 0 Å². The van der Waals surface area contributed by atoms with Crippen molar-refractivity contribution in [2.24, 2.45) is 0 Å². The van der Waals surface area contributed by atoms with Gasteiger partial charge in [-0.05, 0) is 12.8 Å². The van der Waals surface area contributed by atoms with Crippen molar-refractivity contribution in [3.63, 3.8) is 0 Å². The van der Waals surface area contributed by atoms with E-state index in [1.54, 1.807) is 0 Å². The minimum absolute atomic E-state index is 0.262. The molecule has 1 aromatic heterocycles. The van der Waals surface area contributed by atoms with E-state index >= 15 is 0 Å². The van der Waals surface area contributed by atoms with Crippen molar-refractivity contribution in [3.05, 3.63) is 33.9 Å². The molecule has 0 unspecified atom stereocenters. The van der Waals surface area contributed by atoms with Crippen LogP contribution in [0.1, 0.15) is 35.9 Å². The van der Waals surface area contributed by atoms with Gasteiger partial charge in [-0.25, -0.2) is 4.79 Å². The van der Waals surface area contributed by atoms with Crippen LogP contribution in [0.2, 0.25) is 0 Å². The van der Waals surface area contributed by atoms with Gasteiger partial charge in [0.1, 0.15) is 0 Å². The van der Waals surface area contributed by atoms with Gasteiger partial charge in [0.05, 0.1) is 6.26 Å². The Morgan fingerprint density at radius 2 is 2.29 bits per heavy atom. The van der Waals surface area contributed by atoms with Gasteiger partial charge in [-0.3, -0.25) is 4.79 Å². The van der Waals surface area contributed by atoms with Gasteiger partial charge in [-0.2, -0.15) is 0 Å². The standard InChI is InChI=1S/C10H12O4/c1-2-3-4-7-6-14-9(10(12)13)5-8(7)11/h5-6H,2-4H2,1H3,(H,12,13). The first-order chi connectivity index (χ1) is 6.65. The van der Waals surface area contributed by atoms with Gasteiger partial charge >= 0.3 is 5.97 Å². The fraction of sp³-hybridized carbons (Fsp3) is 0.400. The third-order valence-corrected chi connectivity index (χ3v) is 1.92. The predicted molar refractivity (Wildman–Crippen MR) is 50.5 cm³/mol. The van der Waals surface area contributed by atoms with Crippen molar-refractivity contribution in [1.29, 1.82) is 0 Å². The highest BCUT2D eigenvalue weighted by Crippen LogP contribution is 2.02. The molecule has 0 spiro atoms. The summed E-state index contributed by atoms with van der Waals surface area (Å²) in [5.41, 5.74) is 0.277. The minimum atomic E-state index is -1.22. The molecule has 0 saturated heterocycles. The Labute approximate surface area is 81.2 Å². The Hall–Kier alpha value is -1.58. The van der Waals surface area contributed by atoms with E-state index in [2.05, 4.69) is 0 Å². The van der Waals surface area contributed by atoms with Crippen LogP contribution in [0.5, 0.6) is 0 Å². The molecule has 0 saturated carbocycles. The van der Waals surface area contributed by atoms with Crippen molar-refractivity contribution < 1.29 is 14.3 Å². The zero-order valence-electron chi connectivity index (χ0n) is 7.95. The quantitative estimate of drug-likeness (QED) is 0.795. The zero-order chi connectivity index (χ0) is 10.6. The number of carbonyl (C=O) groups is 1. The van der Waals surface area contributed by atoms with Gasteiger partial charge in [0.15, 0.2) is 5.43 Å². The summed E-state index contributed by atoms with van der Waals surface area (Å²) in [4.78, 5) is 21.8. The van der Waals surface area contributed by atoms with E-state index in [0.717, 1.165) is 18.9 Å². The van der Waals surface area contributed by atoms with Crippen LogP contribution in [0.4, 0.5) is 0 Å². The van der Waals surface area contributed by atoms with E-state index in [0.29, 0.717) is 12.0 Å². The van der Waals surface area contributed by atoms with E-state index in [9.17, 15) is 9.59 Å². The molecule has 0 bridgehead atoms. The van der Waals surface area contributed by atoms with Crippen molar-refractivity contribution >= 4 is 5.97 Å². The van der Waals surface area contributed by atoms with Crippen LogP contribution in [-0.2, 0) is 6.42 Å². The lowest BCUT2D eigenvalue weighted by Crippen LogP contribution is -2.10. The number of aromatic carboxylic acids is 1. The van der Waals surface area contributed by atoms with Crippen LogP contribution < -0.4 is 5.43 Å². The summed E-state index contributed by atoms with van der Waals surface area (Å²) in [6.07, 6.45) is 3.76. The third kappa shape index (κ3) is 2.45. The summed E-state index contributed by atoms with van der Waals surface area (Å²) in [7, 11) is 0. The minimum Gasteiger partial charge on any atom is -0.475 e. The molecule has 1 aromatic rings. The number of carboxylic acids is 1. The molecule has 0 radical (unpaired) electrons. The van der Waals surface area contributed by atoms with Gasteiger partial charge in [0, 0.05) is 11.6 Å². The van der Waals surface area contributed by atoms with Crippen LogP contribution in [0.15, 0.2) is 21.5 Å². The fourth-order valence-electron chi connectivity index (χ4n) is 1.10. The first-order valence-electron chi connectivity index (χ1n) is 4.50. The van der Waals surface area contributed by atoms with E-state index in [1.807, 2.05) is 6.92 Å². The molecule has 0 aliphatic heterocycles. The molecule has 0 aliphatic rings. The second kappa shape index (κ2) is 4.60. The molecular weight excluding hydrogens is 184 g/mol. The average molecular weight is 196 g/mol. The van der Waals surface area contributed by atoms with Crippen molar-refractivity contribution in [2.45, 2.75) is 26.2 Å². The first-order valence-corrected chi connectivity index (χ1v) is 4.50. The number of carboxylic acid groups (broad SMARTS) is 1. The fourth-order valence-corrected chi connectivity index (χ4v) is 1.10. The Kier molecular flexibility index (Phi) is 3.45. The number of hydrogen-bond acceptors (Lipinski definition) is 3. The Bertz CT molecular complexity index is 378. The van der Waals surface area contributed by atoms with Crippen molar-refractivity contribution in [1.82, 2.24) is 0 Å². The largest absolute Gasteiger partial charge is 0.475 e. The number of rotatable bonds is 4. The molecule has 76 valence electrons. The lowest BCUT2D eigenvalue weighted by atomic mass is 10.1. The summed E-state index contributed by atoms with van der Waals surface area (Å²) in [5.74, 6) is -1.53. The monoisotopic (exact) mass is 196 g/mol. The molecular formula is C10H12O4. The van der Waals surface area contributed by atoms with E-state index in [4.69, 9.17) is 9.52 Å². The topological polar surface area (TPSA) is 67.5 Å². The van der Waals surface area contributed by atoms with Gasteiger partial charge in [-0.1, -0.05) is 13.3 Å². The van der Waals surface area contributed by atoms with Crippen molar-refractivity contribution in [2.75, 3.05) is 0 Å². The summed E-state index contributed by atoms with van der Waals surface area (Å²) in [6, 6.07) is 1.02. The molecule has 0 aromatic carbocycles. The smallest absolute Gasteiger partial charge is 0.371 e. The Morgan fingerprint density at radius 3 is 2.79 bits per heavy atom. The van der Waals surface area contributed by atoms with E-state index in [-0.39, 0.29) is 11.2 Å². The molecule has 4 heteroatoms. The second-order valence-corrected chi connectivity index (χ2v) is 3.04. The highest BCUT2D eigenvalue weighted by Gasteiger charge is 2.08. The maximum atomic E-state index is 11.3. The number of hydrogen-bond donors (Lipinski definition) is 1. The molecule has 0 aliphatic carbocycles. The highest BCUT2D eigenvalue weighted by atomic mass is 16.4. The lowest BCUT2D eigenvalue weighted by Gasteiger charge is -1.98. The van der Waals surface area contributed by atoms with Crippen LogP contribution in [0.3, 0.4) is 0 Å². The van der Waals surface area contributed by atoms with Gasteiger partial charge in [0.2, 0.25) is 5.76 Å². The second-order valence-electron chi connectivity index (χ2n) is 3.04. The van der Waals surface area contributed by atoms with E-state index in [1.165, 1.54) is 6.26 Å². The Morgan fingerprint density at radius 1 is 1.57 bits per heavy atom. The first kappa shape index (κ1) is 10.5. The molecule has 1 rings (SSSR count). The predicted octanol–water partition coefficient (Wildman–Crippen LogP) is 1.68. The third-order valence-electron chi connectivity index (χ3n) is 1.92. The van der Waals surface area contributed by atoms with Crippen LogP contribution >= 0.6 is 0 Å². The normalized spacial score (nSPS) is 10.1. The molecule has 1 N–H and O–H groups in total. The van der Waals surface area contributed by atoms with Gasteiger partial charge in [-0.15, -0.1) is 0 Å². The molecule has 14 heavy (non-hydrogen) atoms. The number of unbranched alkanes of at least 4 members (excludes halogenated alkanes) is 1. The van der Waals surface area contributed by atoms with Gasteiger partial charge < -0.3 is 9.52 Å². The molecule has 0 atom stereocenters. The maximum absolute atomic E-state index is 11.3. The van der Waals surface area contributed by atoms with Gasteiger partial charge in [0.25, 0.3) is 0 Å². The highest BCUT2D eigenvalue weighted by molar-refractivity contribution is 5.84. The molecule has 0 amide bonds. The summed E-state index contributed by atoms with van der Waals surface area (Å²) < 4.78 is 4.80. The van der Waals surface area contributed by atoms with Crippen LogP contribution in [0, 0.1) is 0 Å². The summed E-state index contributed by atoms with van der Waals surface area (Å²) in [5, 5.41) is 8.54. The molecule has 4 nitrogen and oxygen atoms in total. The lowest BCUT2D eigenvalue weighted by molar-refractivity contribution is 0.0659. The van der Waals surface area contributed by atoms with Crippen molar-refractivity contribution in [3.8, 4) is 0 Å².